The summed E-state index contributed by atoms with van der Waals surface area (Å²) in [5, 5.41) is 0. The lowest BCUT2D eigenvalue weighted by molar-refractivity contribution is -0.140. The maximum absolute atomic E-state index is 12.6. The van der Waals surface area contributed by atoms with Crippen molar-refractivity contribution in [2.45, 2.75) is 130 Å². The molecule has 0 N–H and O–H groups in total. The third-order valence-corrected chi connectivity index (χ3v) is 8.86. The third kappa shape index (κ3) is 15.8. The molecular weight excluding hydrogens is 530 g/mol. The van der Waals surface area contributed by atoms with Crippen molar-refractivity contribution in [3.05, 3.63) is 0 Å². The van der Waals surface area contributed by atoms with Crippen LogP contribution in [0.2, 0.25) is 0 Å². The molecule has 2 amide bonds. The summed E-state index contributed by atoms with van der Waals surface area (Å²) in [5.74, 6) is 0.720. The van der Waals surface area contributed by atoms with Crippen LogP contribution in [0.15, 0.2) is 0 Å². The predicted molar refractivity (Wildman–Crippen MR) is 170 cm³/mol. The van der Waals surface area contributed by atoms with Gasteiger partial charge < -0.3 is 19.3 Å². The molecule has 2 saturated heterocycles. The maximum Gasteiger partial charge on any atom is 0.224 e. The lowest BCUT2D eigenvalue weighted by atomic mass is 10.0. The fourth-order valence-electron chi connectivity index (χ4n) is 5.78. The van der Waals surface area contributed by atoms with Gasteiger partial charge in [0.1, 0.15) is 5.78 Å². The van der Waals surface area contributed by atoms with Gasteiger partial charge in [-0.2, -0.15) is 0 Å². The van der Waals surface area contributed by atoms with Gasteiger partial charge in [-0.25, -0.2) is 0 Å². The van der Waals surface area contributed by atoms with Gasteiger partial charge in [-0.3, -0.25) is 19.3 Å². The minimum Gasteiger partial charge on any atom is -0.379 e. The number of ketones is 1. The summed E-state index contributed by atoms with van der Waals surface area (Å²) in [6, 6.07) is 0.442. The first-order valence-electron chi connectivity index (χ1n) is 17.4. The molecule has 2 aliphatic rings. The number of Topliss-reactive ketones (excluding diaryl/α,β-unsaturated/α-hetero) is 1. The summed E-state index contributed by atoms with van der Waals surface area (Å²) in [4.78, 5) is 43.1. The third-order valence-electron chi connectivity index (χ3n) is 8.86. The van der Waals surface area contributed by atoms with Crippen molar-refractivity contribution in [3.8, 4) is 0 Å². The van der Waals surface area contributed by atoms with Crippen LogP contribution in [0.25, 0.3) is 0 Å². The van der Waals surface area contributed by atoms with E-state index >= 15 is 0 Å². The first-order chi connectivity index (χ1) is 20.4. The SMILES string of the molecule is CCCCCCCCCCCCCCCC(=O)N1CC(N2CCN(C(=O)CCOCCOCCC(=O)C(C)C)CC2)C1. The summed E-state index contributed by atoms with van der Waals surface area (Å²) in [7, 11) is 0. The molecule has 42 heavy (non-hydrogen) atoms. The summed E-state index contributed by atoms with van der Waals surface area (Å²) < 4.78 is 11.0. The molecule has 0 atom stereocenters. The van der Waals surface area contributed by atoms with Crippen LogP contribution >= 0.6 is 0 Å². The Balaban J connectivity index is 1.38. The van der Waals surface area contributed by atoms with Crippen molar-refractivity contribution < 1.29 is 23.9 Å². The number of rotatable bonds is 25. The molecule has 0 aromatic rings. The van der Waals surface area contributed by atoms with Crippen LogP contribution in [-0.2, 0) is 23.9 Å². The van der Waals surface area contributed by atoms with E-state index in [4.69, 9.17) is 9.47 Å². The lowest BCUT2D eigenvalue weighted by Gasteiger charge is -2.48. The molecule has 2 fully saturated rings. The van der Waals surface area contributed by atoms with Gasteiger partial charge in [-0.05, 0) is 6.42 Å². The molecular formula is C34H63N3O5. The van der Waals surface area contributed by atoms with Crippen molar-refractivity contribution in [3.63, 3.8) is 0 Å². The van der Waals surface area contributed by atoms with Gasteiger partial charge in [0.25, 0.3) is 0 Å². The molecule has 0 spiro atoms. The Hall–Kier alpha value is -1.51. The minimum atomic E-state index is 0.0500. The van der Waals surface area contributed by atoms with E-state index in [9.17, 15) is 14.4 Å². The Kier molecular flexibility index (Phi) is 20.0. The van der Waals surface area contributed by atoms with Crippen LogP contribution in [0.3, 0.4) is 0 Å². The van der Waals surface area contributed by atoms with Crippen molar-refractivity contribution in [1.82, 2.24) is 14.7 Å². The summed E-state index contributed by atoms with van der Waals surface area (Å²) in [5.41, 5.74) is 0. The number of unbranched alkanes of at least 4 members (excludes halogenated alkanes) is 12. The Morgan fingerprint density at radius 1 is 0.595 bits per heavy atom. The average molecular weight is 594 g/mol. The zero-order valence-corrected chi connectivity index (χ0v) is 27.4. The summed E-state index contributed by atoms with van der Waals surface area (Å²) in [6.45, 7) is 12.7. The molecule has 0 aromatic carbocycles. The van der Waals surface area contributed by atoms with E-state index in [-0.39, 0.29) is 17.6 Å². The van der Waals surface area contributed by atoms with Gasteiger partial charge in [0, 0.05) is 64.1 Å². The van der Waals surface area contributed by atoms with Crippen molar-refractivity contribution in [2.24, 2.45) is 5.92 Å². The first-order valence-corrected chi connectivity index (χ1v) is 17.4. The van der Waals surface area contributed by atoms with Crippen LogP contribution in [0.5, 0.6) is 0 Å². The Morgan fingerprint density at radius 2 is 1.07 bits per heavy atom. The number of likely N-dealkylation sites (tertiary alicyclic amines) is 1. The fourth-order valence-corrected chi connectivity index (χ4v) is 5.78. The van der Waals surface area contributed by atoms with Crippen LogP contribution in [0.4, 0.5) is 0 Å². The van der Waals surface area contributed by atoms with Gasteiger partial charge in [0.05, 0.1) is 32.8 Å². The van der Waals surface area contributed by atoms with Crippen LogP contribution in [-0.4, -0.2) is 104 Å². The van der Waals surface area contributed by atoms with E-state index in [0.717, 1.165) is 45.7 Å². The predicted octanol–water partition coefficient (Wildman–Crippen LogP) is 5.86. The monoisotopic (exact) mass is 593 g/mol. The standard InChI is InChI=1S/C34H63N3O5/c1-4-5-6-7-8-9-10-11-12-13-14-15-16-17-33(39)37-28-31(29-37)35-20-22-36(23-21-35)34(40)19-25-42-27-26-41-24-18-32(38)30(2)3/h30-31H,4-29H2,1-3H3. The minimum absolute atomic E-state index is 0.0500. The van der Waals surface area contributed by atoms with E-state index in [1.807, 2.05) is 23.6 Å². The van der Waals surface area contributed by atoms with Crippen LogP contribution in [0, 0.1) is 5.92 Å². The molecule has 0 bridgehead atoms. The highest BCUT2D eigenvalue weighted by Crippen LogP contribution is 2.20. The Labute approximate surface area is 257 Å². The molecule has 0 aromatic heterocycles. The van der Waals surface area contributed by atoms with E-state index in [0.29, 0.717) is 57.6 Å². The molecule has 0 aliphatic carbocycles. The number of ether oxygens (including phenoxy) is 2. The highest BCUT2D eigenvalue weighted by Gasteiger charge is 2.36. The number of carbonyl (C=O) groups is 3. The lowest BCUT2D eigenvalue weighted by Crippen LogP contribution is -2.64. The van der Waals surface area contributed by atoms with Crippen molar-refractivity contribution in [1.29, 1.82) is 0 Å². The number of nitrogens with zero attached hydrogens (tertiary/aromatic N) is 3. The molecule has 0 saturated carbocycles. The van der Waals surface area contributed by atoms with Gasteiger partial charge in [-0.1, -0.05) is 97.8 Å². The number of carbonyl (C=O) groups excluding carboxylic acids is 3. The number of piperazine rings is 1. The summed E-state index contributed by atoms with van der Waals surface area (Å²) in [6.07, 6.45) is 18.8. The molecule has 8 nitrogen and oxygen atoms in total. The first kappa shape index (κ1) is 36.7. The van der Waals surface area contributed by atoms with Crippen LogP contribution in [0.1, 0.15) is 124 Å². The number of hydrogen-bond acceptors (Lipinski definition) is 6. The van der Waals surface area contributed by atoms with Gasteiger partial charge in [0.2, 0.25) is 11.8 Å². The highest BCUT2D eigenvalue weighted by molar-refractivity contribution is 5.80. The van der Waals surface area contributed by atoms with E-state index in [1.54, 1.807) is 0 Å². The molecule has 2 aliphatic heterocycles. The van der Waals surface area contributed by atoms with E-state index < -0.39 is 0 Å². The second kappa shape index (κ2) is 22.9. The second-order valence-corrected chi connectivity index (χ2v) is 12.7. The zero-order chi connectivity index (χ0) is 30.4. The number of hydrogen-bond donors (Lipinski definition) is 0. The zero-order valence-electron chi connectivity index (χ0n) is 27.4. The van der Waals surface area contributed by atoms with E-state index in [1.165, 1.54) is 77.0 Å². The normalized spacial score (nSPS) is 16.3. The second-order valence-electron chi connectivity index (χ2n) is 12.7. The molecule has 0 radical (unpaired) electrons. The number of amides is 2. The molecule has 244 valence electrons. The van der Waals surface area contributed by atoms with Crippen molar-refractivity contribution >= 4 is 17.6 Å². The van der Waals surface area contributed by atoms with Crippen LogP contribution < -0.4 is 0 Å². The topological polar surface area (TPSA) is 79.4 Å². The molecule has 2 heterocycles. The average Bonchev–Trinajstić information content (AvgIpc) is 2.96. The fraction of sp³-hybridized carbons (Fsp3) is 0.912. The van der Waals surface area contributed by atoms with Gasteiger partial charge in [0.15, 0.2) is 0 Å². The smallest absolute Gasteiger partial charge is 0.224 e. The van der Waals surface area contributed by atoms with E-state index in [2.05, 4.69) is 11.8 Å². The summed E-state index contributed by atoms with van der Waals surface area (Å²) >= 11 is 0. The van der Waals surface area contributed by atoms with Gasteiger partial charge in [-0.15, -0.1) is 0 Å². The Bertz CT molecular complexity index is 733. The molecule has 2 rings (SSSR count). The molecule has 8 heteroatoms. The largest absolute Gasteiger partial charge is 0.379 e. The Morgan fingerprint density at radius 3 is 1.60 bits per heavy atom. The highest BCUT2D eigenvalue weighted by atomic mass is 16.5. The molecule has 0 unspecified atom stereocenters. The van der Waals surface area contributed by atoms with Crippen molar-refractivity contribution in [2.75, 3.05) is 65.7 Å². The maximum atomic E-state index is 12.6. The van der Waals surface area contributed by atoms with Gasteiger partial charge >= 0.3 is 0 Å². The quantitative estimate of drug-likeness (QED) is 0.123.